The monoisotopic (exact) mass is 366 g/mol. The average molecular weight is 367 g/mol. The third-order valence-electron chi connectivity index (χ3n) is 4.96. The van der Waals surface area contributed by atoms with Gasteiger partial charge >= 0.3 is 0 Å². The van der Waals surface area contributed by atoms with Crippen LogP contribution in [0.4, 0.5) is 0 Å². The van der Waals surface area contributed by atoms with Gasteiger partial charge < -0.3 is 14.6 Å². The first-order valence-corrected chi connectivity index (χ1v) is 15.0. The van der Waals surface area contributed by atoms with E-state index in [4.69, 9.17) is 0 Å². The van der Waals surface area contributed by atoms with Crippen LogP contribution in [0.1, 0.15) is 12.8 Å². The SMILES string of the molecule is CN(C)CCC[Si](C)(CCCN(C)C)c1ccc([Si](C)(C)O)cc1. The Morgan fingerprint density at radius 3 is 1.46 bits per heavy atom. The van der Waals surface area contributed by atoms with Crippen molar-refractivity contribution >= 4 is 26.8 Å². The molecule has 0 unspecified atom stereocenters. The lowest BCUT2D eigenvalue weighted by atomic mass is 10.4. The normalized spacial score (nSPS) is 13.1. The van der Waals surface area contributed by atoms with Crippen LogP contribution >= 0.6 is 0 Å². The maximum absolute atomic E-state index is 10.3. The Morgan fingerprint density at radius 2 is 1.12 bits per heavy atom. The van der Waals surface area contributed by atoms with Gasteiger partial charge in [0.1, 0.15) is 0 Å². The van der Waals surface area contributed by atoms with Gasteiger partial charge in [-0.2, -0.15) is 0 Å². The molecular weight excluding hydrogens is 328 g/mol. The van der Waals surface area contributed by atoms with Crippen LogP contribution in [-0.4, -0.2) is 72.3 Å². The van der Waals surface area contributed by atoms with E-state index in [9.17, 15) is 4.80 Å². The molecule has 138 valence electrons. The zero-order valence-electron chi connectivity index (χ0n) is 16.9. The molecule has 0 heterocycles. The van der Waals surface area contributed by atoms with Gasteiger partial charge in [-0.25, -0.2) is 0 Å². The molecule has 0 amide bonds. The fourth-order valence-corrected chi connectivity index (χ4v) is 7.92. The molecule has 0 aliphatic rings. The van der Waals surface area contributed by atoms with E-state index in [2.05, 4.69) is 68.8 Å². The molecule has 0 fully saturated rings. The molecule has 3 nitrogen and oxygen atoms in total. The van der Waals surface area contributed by atoms with Crippen molar-refractivity contribution in [3.05, 3.63) is 24.3 Å². The predicted octanol–water partition coefficient (Wildman–Crippen LogP) is 2.28. The molecule has 0 saturated carbocycles. The molecule has 0 spiro atoms. The van der Waals surface area contributed by atoms with Gasteiger partial charge in [-0.15, -0.1) is 0 Å². The molecular formula is C19H38N2OSi2. The Hall–Kier alpha value is -0.466. The van der Waals surface area contributed by atoms with Crippen LogP contribution in [0.25, 0.3) is 0 Å². The molecule has 0 radical (unpaired) electrons. The van der Waals surface area contributed by atoms with Crippen molar-refractivity contribution in [3.63, 3.8) is 0 Å². The van der Waals surface area contributed by atoms with Crippen LogP contribution in [0.3, 0.4) is 0 Å². The van der Waals surface area contributed by atoms with Crippen LogP contribution in [0.15, 0.2) is 24.3 Å². The van der Waals surface area contributed by atoms with E-state index in [0.717, 1.165) is 5.19 Å². The highest BCUT2D eigenvalue weighted by Crippen LogP contribution is 2.20. The van der Waals surface area contributed by atoms with E-state index in [1.807, 2.05) is 13.1 Å². The van der Waals surface area contributed by atoms with Gasteiger partial charge in [0, 0.05) is 0 Å². The first-order chi connectivity index (χ1) is 11.0. The van der Waals surface area contributed by atoms with E-state index in [0.29, 0.717) is 0 Å². The van der Waals surface area contributed by atoms with Gasteiger partial charge in [0.2, 0.25) is 8.32 Å². The Bertz CT molecular complexity index is 467. The van der Waals surface area contributed by atoms with Crippen molar-refractivity contribution in [1.82, 2.24) is 9.80 Å². The minimum absolute atomic E-state index is 1.14. The van der Waals surface area contributed by atoms with Crippen LogP contribution in [0.5, 0.6) is 0 Å². The van der Waals surface area contributed by atoms with Gasteiger partial charge in [-0.1, -0.05) is 48.1 Å². The number of rotatable bonds is 10. The maximum atomic E-state index is 10.3. The lowest BCUT2D eigenvalue weighted by Crippen LogP contribution is -2.47. The zero-order valence-corrected chi connectivity index (χ0v) is 18.9. The van der Waals surface area contributed by atoms with Gasteiger partial charge in [0.15, 0.2) is 0 Å². The first-order valence-electron chi connectivity index (χ1n) is 9.17. The highest BCUT2D eigenvalue weighted by molar-refractivity contribution is 6.91. The molecule has 24 heavy (non-hydrogen) atoms. The Labute approximate surface area is 151 Å². The second kappa shape index (κ2) is 9.29. The molecule has 0 aliphatic heterocycles. The van der Waals surface area contributed by atoms with Crippen molar-refractivity contribution in [1.29, 1.82) is 0 Å². The van der Waals surface area contributed by atoms with Crippen LogP contribution < -0.4 is 10.4 Å². The summed E-state index contributed by atoms with van der Waals surface area (Å²) in [5.74, 6) is 0. The van der Waals surface area contributed by atoms with Gasteiger partial charge in [-0.05, 0) is 72.4 Å². The minimum atomic E-state index is -2.19. The molecule has 5 heteroatoms. The summed E-state index contributed by atoms with van der Waals surface area (Å²) in [6.45, 7) is 8.88. The quantitative estimate of drug-likeness (QED) is 0.644. The lowest BCUT2D eigenvalue weighted by Gasteiger charge is -2.30. The molecule has 0 aromatic heterocycles. The highest BCUT2D eigenvalue weighted by Gasteiger charge is 2.29. The minimum Gasteiger partial charge on any atom is -0.428 e. The van der Waals surface area contributed by atoms with Gasteiger partial charge in [-0.3, -0.25) is 0 Å². The molecule has 0 atom stereocenters. The molecule has 0 saturated heterocycles. The van der Waals surface area contributed by atoms with E-state index < -0.39 is 16.4 Å². The summed E-state index contributed by atoms with van der Waals surface area (Å²) in [4.78, 5) is 14.9. The standard InChI is InChI=1S/C19H38N2OSi2/c1-20(2)14-8-16-24(7,17-9-15-21(3)4)19-12-10-18(11-13-19)23(5,6)22/h10-13,22H,8-9,14-17H2,1-7H3. The van der Waals surface area contributed by atoms with E-state index in [1.165, 1.54) is 38.0 Å². The summed E-state index contributed by atoms with van der Waals surface area (Å²) in [5.41, 5.74) is 0. The Morgan fingerprint density at radius 1 is 0.750 bits per heavy atom. The fourth-order valence-electron chi connectivity index (χ4n) is 3.27. The third kappa shape index (κ3) is 7.19. The number of nitrogens with zero attached hydrogens (tertiary/aromatic N) is 2. The molecule has 1 rings (SSSR count). The summed E-state index contributed by atoms with van der Waals surface area (Å²) in [7, 11) is 4.99. The summed E-state index contributed by atoms with van der Waals surface area (Å²) in [5, 5.41) is 2.70. The largest absolute Gasteiger partial charge is 0.428 e. The lowest BCUT2D eigenvalue weighted by molar-refractivity contribution is 0.404. The smallest absolute Gasteiger partial charge is 0.213 e. The molecule has 0 bridgehead atoms. The molecule has 1 N–H and O–H groups in total. The zero-order chi connectivity index (χ0) is 18.4. The second-order valence-electron chi connectivity index (χ2n) is 8.51. The van der Waals surface area contributed by atoms with Crippen molar-refractivity contribution in [2.75, 3.05) is 41.3 Å². The van der Waals surface area contributed by atoms with Crippen LogP contribution in [-0.2, 0) is 0 Å². The van der Waals surface area contributed by atoms with E-state index >= 15 is 0 Å². The van der Waals surface area contributed by atoms with Crippen molar-refractivity contribution in [2.24, 2.45) is 0 Å². The van der Waals surface area contributed by atoms with Gasteiger partial charge in [0.05, 0.1) is 8.07 Å². The van der Waals surface area contributed by atoms with Crippen LogP contribution in [0, 0.1) is 0 Å². The summed E-state index contributed by atoms with van der Waals surface area (Å²) >= 11 is 0. The predicted molar refractivity (Wildman–Crippen MR) is 113 cm³/mol. The van der Waals surface area contributed by atoms with Crippen molar-refractivity contribution in [3.8, 4) is 0 Å². The Balaban J connectivity index is 2.89. The summed E-state index contributed by atoms with van der Waals surface area (Å²) in [6.07, 6.45) is 2.55. The highest BCUT2D eigenvalue weighted by atomic mass is 28.4. The number of benzene rings is 1. The molecule has 1 aromatic rings. The van der Waals surface area contributed by atoms with Crippen molar-refractivity contribution < 1.29 is 4.80 Å². The fraction of sp³-hybridized carbons (Fsp3) is 0.684. The molecule has 1 aromatic carbocycles. The maximum Gasteiger partial charge on any atom is 0.213 e. The third-order valence-corrected chi connectivity index (χ3v) is 11.3. The van der Waals surface area contributed by atoms with E-state index in [-0.39, 0.29) is 0 Å². The first kappa shape index (κ1) is 21.6. The summed E-state index contributed by atoms with van der Waals surface area (Å²) < 4.78 is 0. The van der Waals surface area contributed by atoms with Crippen LogP contribution in [0.2, 0.25) is 31.7 Å². The molecule has 0 aliphatic carbocycles. The topological polar surface area (TPSA) is 26.7 Å². The van der Waals surface area contributed by atoms with E-state index in [1.54, 1.807) is 5.19 Å². The average Bonchev–Trinajstić information content (AvgIpc) is 2.45. The van der Waals surface area contributed by atoms with Gasteiger partial charge in [0.25, 0.3) is 0 Å². The van der Waals surface area contributed by atoms with Crippen molar-refractivity contribution in [2.45, 2.75) is 44.6 Å². The second-order valence-corrected chi connectivity index (χ2v) is 16.9. The number of hydrogen-bond acceptors (Lipinski definition) is 3. The Kier molecular flexibility index (Phi) is 8.35. The summed E-state index contributed by atoms with van der Waals surface area (Å²) in [6, 6.07) is 11.7. The number of hydrogen-bond donors (Lipinski definition) is 1.